The number of benzene rings is 3. The van der Waals surface area contributed by atoms with Gasteiger partial charge < -0.3 is 9.84 Å². The van der Waals surface area contributed by atoms with Crippen LogP contribution in [0.5, 0.6) is 5.75 Å². The van der Waals surface area contributed by atoms with Crippen LogP contribution in [0.3, 0.4) is 0 Å². The number of carboxylic acids is 1. The summed E-state index contributed by atoms with van der Waals surface area (Å²) < 4.78 is 8.73. The molecule has 0 aliphatic rings. The average Bonchev–Trinajstić information content (AvgIpc) is 3.25. The molecule has 0 aliphatic heterocycles. The number of carbonyl (C=O) groups is 1. The molecule has 0 radical (unpaired) electrons. The molecule has 41 heavy (non-hydrogen) atoms. The Morgan fingerprint density at radius 2 is 1.59 bits per heavy atom. The third-order valence-electron chi connectivity index (χ3n) is 7.69. The smallest absolute Gasteiger partial charge is 0.346 e. The first-order chi connectivity index (χ1) is 19.5. The van der Waals surface area contributed by atoms with Crippen LogP contribution in [-0.4, -0.2) is 32.5 Å². The van der Waals surface area contributed by atoms with Crippen molar-refractivity contribution in [2.45, 2.75) is 78.3 Å². The van der Waals surface area contributed by atoms with Gasteiger partial charge in [-0.2, -0.15) is 5.10 Å². The number of aliphatic carboxylic acids is 1. The molecule has 1 aromatic heterocycles. The van der Waals surface area contributed by atoms with Crippen molar-refractivity contribution in [3.63, 3.8) is 0 Å². The van der Waals surface area contributed by atoms with Crippen molar-refractivity contribution in [2.24, 2.45) is 0 Å². The maximum absolute atomic E-state index is 13.0. The maximum atomic E-state index is 13.0. The Morgan fingerprint density at radius 3 is 2.17 bits per heavy atom. The molecule has 7 nitrogen and oxygen atoms in total. The zero-order valence-corrected chi connectivity index (χ0v) is 25.0. The van der Waals surface area contributed by atoms with Gasteiger partial charge in [-0.25, -0.2) is 9.48 Å². The van der Waals surface area contributed by atoms with E-state index in [0.29, 0.717) is 24.4 Å². The van der Waals surface area contributed by atoms with Crippen LogP contribution in [0, 0.1) is 0 Å². The van der Waals surface area contributed by atoms with E-state index >= 15 is 0 Å². The van der Waals surface area contributed by atoms with Crippen molar-refractivity contribution < 1.29 is 14.6 Å². The second-order valence-corrected chi connectivity index (χ2v) is 11.6. The SMILES string of the molecule is CCn1c(CCCc2ccc(-c3ccc(OC)c(C(C)C(=O)O)c3)cc2)nn(Cc2ccc(C(C)(C)C)cc2)c1=O. The Bertz CT molecular complexity index is 1540. The summed E-state index contributed by atoms with van der Waals surface area (Å²) in [5, 5.41) is 14.2. The van der Waals surface area contributed by atoms with Crippen LogP contribution in [0.1, 0.15) is 75.0 Å². The lowest BCUT2D eigenvalue weighted by Gasteiger charge is -2.19. The number of hydrogen-bond acceptors (Lipinski definition) is 4. The summed E-state index contributed by atoms with van der Waals surface area (Å²) in [6, 6.07) is 22.4. The van der Waals surface area contributed by atoms with Gasteiger partial charge in [0.25, 0.3) is 0 Å². The fourth-order valence-corrected chi connectivity index (χ4v) is 5.07. The van der Waals surface area contributed by atoms with Gasteiger partial charge in [-0.05, 0) is 72.1 Å². The van der Waals surface area contributed by atoms with E-state index in [9.17, 15) is 14.7 Å². The second kappa shape index (κ2) is 12.6. The summed E-state index contributed by atoms with van der Waals surface area (Å²) in [6.07, 6.45) is 2.46. The summed E-state index contributed by atoms with van der Waals surface area (Å²) in [4.78, 5) is 24.6. The van der Waals surface area contributed by atoms with E-state index in [1.54, 1.807) is 23.3 Å². The van der Waals surface area contributed by atoms with E-state index in [1.807, 2.05) is 25.1 Å². The predicted molar refractivity (Wildman–Crippen MR) is 163 cm³/mol. The van der Waals surface area contributed by atoms with E-state index in [1.165, 1.54) is 11.1 Å². The number of ether oxygens (including phenoxy) is 1. The highest BCUT2D eigenvalue weighted by Gasteiger charge is 2.19. The highest BCUT2D eigenvalue weighted by atomic mass is 16.5. The minimum Gasteiger partial charge on any atom is -0.496 e. The first kappa shape index (κ1) is 29.8. The maximum Gasteiger partial charge on any atom is 0.346 e. The summed E-state index contributed by atoms with van der Waals surface area (Å²) in [7, 11) is 1.55. The van der Waals surface area contributed by atoms with Gasteiger partial charge >= 0.3 is 11.7 Å². The molecular weight excluding hydrogens is 514 g/mol. The molecule has 216 valence electrons. The zero-order valence-electron chi connectivity index (χ0n) is 25.0. The minimum absolute atomic E-state index is 0.0668. The fourth-order valence-electron chi connectivity index (χ4n) is 5.07. The number of aryl methyl sites for hydroxylation is 2. The lowest BCUT2D eigenvalue weighted by atomic mass is 9.87. The molecule has 4 aromatic rings. The topological polar surface area (TPSA) is 86.3 Å². The van der Waals surface area contributed by atoms with Gasteiger partial charge in [0.15, 0.2) is 0 Å². The van der Waals surface area contributed by atoms with Crippen LogP contribution in [0.4, 0.5) is 0 Å². The van der Waals surface area contributed by atoms with Crippen molar-refractivity contribution in [2.75, 3.05) is 7.11 Å². The first-order valence-corrected chi connectivity index (χ1v) is 14.3. The quantitative estimate of drug-likeness (QED) is 0.230. The number of aromatic nitrogens is 3. The van der Waals surface area contributed by atoms with E-state index in [2.05, 4.69) is 69.3 Å². The van der Waals surface area contributed by atoms with Gasteiger partial charge in [-0.1, -0.05) is 75.4 Å². The zero-order chi connectivity index (χ0) is 29.7. The first-order valence-electron chi connectivity index (χ1n) is 14.3. The van der Waals surface area contributed by atoms with Crippen LogP contribution in [0.25, 0.3) is 11.1 Å². The predicted octanol–water partition coefficient (Wildman–Crippen LogP) is 6.45. The molecule has 0 spiro atoms. The molecule has 3 aromatic carbocycles. The van der Waals surface area contributed by atoms with Gasteiger partial charge in [0.2, 0.25) is 0 Å². The molecule has 0 amide bonds. The monoisotopic (exact) mass is 555 g/mol. The lowest BCUT2D eigenvalue weighted by Crippen LogP contribution is -2.25. The van der Waals surface area contributed by atoms with Gasteiger partial charge in [-0.15, -0.1) is 0 Å². The summed E-state index contributed by atoms with van der Waals surface area (Å²) in [5.74, 6) is -0.156. The van der Waals surface area contributed by atoms with E-state index in [4.69, 9.17) is 9.84 Å². The number of carboxylic acid groups (broad SMARTS) is 1. The lowest BCUT2D eigenvalue weighted by molar-refractivity contribution is -0.138. The molecule has 0 fully saturated rings. The molecule has 1 N–H and O–H groups in total. The van der Waals surface area contributed by atoms with E-state index < -0.39 is 11.9 Å². The van der Waals surface area contributed by atoms with Gasteiger partial charge in [0.05, 0.1) is 19.6 Å². The molecule has 1 heterocycles. The standard InChI is InChI=1S/C34H41N3O4/c1-7-36-31(35-37(33(36)40)22-25-13-18-28(19-14-25)34(3,4)5)10-8-9-24-11-15-26(16-12-24)27-17-20-30(41-6)29(21-27)23(2)32(38)39/h11-21,23H,7-10,22H2,1-6H3,(H,38,39). The molecular formula is C34H41N3O4. The van der Waals surface area contributed by atoms with Crippen molar-refractivity contribution in [1.29, 1.82) is 0 Å². The van der Waals surface area contributed by atoms with Crippen LogP contribution >= 0.6 is 0 Å². The highest BCUT2D eigenvalue weighted by Crippen LogP contribution is 2.32. The Morgan fingerprint density at radius 1 is 0.951 bits per heavy atom. The normalized spacial score (nSPS) is 12.3. The molecule has 0 bridgehead atoms. The van der Waals surface area contributed by atoms with Crippen LogP contribution in [-0.2, 0) is 36.1 Å². The molecule has 4 rings (SSSR count). The minimum atomic E-state index is -0.885. The van der Waals surface area contributed by atoms with Crippen molar-refractivity contribution >= 4 is 5.97 Å². The van der Waals surface area contributed by atoms with Crippen molar-refractivity contribution in [1.82, 2.24) is 14.3 Å². The molecule has 1 atom stereocenters. The average molecular weight is 556 g/mol. The highest BCUT2D eigenvalue weighted by molar-refractivity contribution is 5.78. The van der Waals surface area contributed by atoms with Crippen LogP contribution in [0.2, 0.25) is 0 Å². The Kier molecular flexibility index (Phi) is 9.16. The number of hydrogen-bond donors (Lipinski definition) is 1. The van der Waals surface area contributed by atoms with Gasteiger partial charge in [0, 0.05) is 18.5 Å². The summed E-state index contributed by atoms with van der Waals surface area (Å²) >= 11 is 0. The third kappa shape index (κ3) is 6.96. The van der Waals surface area contributed by atoms with Gasteiger partial charge in [-0.3, -0.25) is 9.36 Å². The largest absolute Gasteiger partial charge is 0.496 e. The second-order valence-electron chi connectivity index (χ2n) is 11.6. The summed E-state index contributed by atoms with van der Waals surface area (Å²) in [5.41, 5.74) is 6.18. The number of methoxy groups -OCH3 is 1. The van der Waals surface area contributed by atoms with E-state index in [0.717, 1.165) is 41.8 Å². The fraction of sp³-hybridized carbons (Fsp3) is 0.382. The molecule has 0 aliphatic carbocycles. The van der Waals surface area contributed by atoms with Gasteiger partial charge in [0.1, 0.15) is 11.6 Å². The van der Waals surface area contributed by atoms with Crippen LogP contribution in [0.15, 0.2) is 71.5 Å². The molecule has 7 heteroatoms. The van der Waals surface area contributed by atoms with Crippen LogP contribution < -0.4 is 10.4 Å². The molecule has 0 saturated carbocycles. The third-order valence-corrected chi connectivity index (χ3v) is 7.69. The van der Waals surface area contributed by atoms with Crippen molar-refractivity contribution in [3.8, 4) is 16.9 Å². The number of nitrogens with zero attached hydrogens (tertiary/aromatic N) is 3. The molecule has 1 unspecified atom stereocenters. The molecule has 0 saturated heterocycles. The van der Waals surface area contributed by atoms with Crippen molar-refractivity contribution in [3.05, 3.63) is 105 Å². The summed E-state index contributed by atoms with van der Waals surface area (Å²) in [6.45, 7) is 11.3. The Hall–Kier alpha value is -4.13. The Labute approximate surface area is 242 Å². The Balaban J connectivity index is 1.41. The number of rotatable bonds is 11. The van der Waals surface area contributed by atoms with E-state index in [-0.39, 0.29) is 11.1 Å².